The third kappa shape index (κ3) is 2.45. The maximum Gasteiger partial charge on any atom is 0.320 e. The molecule has 80 valence electrons. The molecule has 1 aliphatic rings. The van der Waals surface area contributed by atoms with E-state index in [0.717, 1.165) is 13.0 Å². The highest BCUT2D eigenvalue weighted by molar-refractivity contribution is 5.77. The first-order valence-electron chi connectivity index (χ1n) is 4.79. The van der Waals surface area contributed by atoms with E-state index >= 15 is 0 Å². The normalized spacial score (nSPS) is 23.9. The van der Waals surface area contributed by atoms with E-state index in [1.54, 1.807) is 0 Å². The van der Waals surface area contributed by atoms with Crippen LogP contribution in [0.1, 0.15) is 26.2 Å². The zero-order valence-corrected chi connectivity index (χ0v) is 8.27. The van der Waals surface area contributed by atoms with Crippen LogP contribution in [0.3, 0.4) is 0 Å². The Hall–Kier alpha value is -1.10. The second kappa shape index (κ2) is 4.41. The number of carboxylic acids is 1. The Bertz CT molecular complexity index is 242. The Labute approximate surface area is 82.9 Å². The first-order chi connectivity index (χ1) is 6.52. The second-order valence-electron chi connectivity index (χ2n) is 3.73. The largest absolute Gasteiger partial charge is 0.480 e. The molecule has 0 saturated carbocycles. The van der Waals surface area contributed by atoms with E-state index < -0.39 is 17.9 Å². The number of carbonyl (C=O) groups is 2. The quantitative estimate of drug-likeness (QED) is 0.643. The SMILES string of the molecule is CC1CCN1C(CCC(N)=O)C(=O)O. The molecule has 2 atom stereocenters. The topological polar surface area (TPSA) is 83.6 Å². The van der Waals surface area contributed by atoms with Gasteiger partial charge in [-0.2, -0.15) is 0 Å². The van der Waals surface area contributed by atoms with Crippen LogP contribution in [0, 0.1) is 0 Å². The lowest BCUT2D eigenvalue weighted by atomic mass is 9.98. The van der Waals surface area contributed by atoms with Gasteiger partial charge in [0.1, 0.15) is 6.04 Å². The Morgan fingerprint density at radius 3 is 2.57 bits per heavy atom. The molecule has 3 N–H and O–H groups in total. The molecule has 1 amide bonds. The molecule has 1 aliphatic heterocycles. The summed E-state index contributed by atoms with van der Waals surface area (Å²) in [5, 5.41) is 8.95. The van der Waals surface area contributed by atoms with Gasteiger partial charge in [0.25, 0.3) is 0 Å². The van der Waals surface area contributed by atoms with Gasteiger partial charge in [-0.25, -0.2) is 0 Å². The molecule has 0 aromatic rings. The van der Waals surface area contributed by atoms with E-state index in [1.807, 2.05) is 11.8 Å². The highest BCUT2D eigenvalue weighted by Gasteiger charge is 2.34. The van der Waals surface area contributed by atoms with Crippen LogP contribution in [-0.4, -0.2) is 40.5 Å². The molecule has 0 spiro atoms. The van der Waals surface area contributed by atoms with Crippen molar-refractivity contribution < 1.29 is 14.7 Å². The third-order valence-electron chi connectivity index (χ3n) is 2.72. The lowest BCUT2D eigenvalue weighted by molar-refractivity contribution is -0.147. The summed E-state index contributed by atoms with van der Waals surface area (Å²) in [6.45, 7) is 2.79. The van der Waals surface area contributed by atoms with Gasteiger partial charge in [-0.3, -0.25) is 14.5 Å². The lowest BCUT2D eigenvalue weighted by Crippen LogP contribution is -2.54. The molecular weight excluding hydrogens is 184 g/mol. The van der Waals surface area contributed by atoms with E-state index in [1.165, 1.54) is 0 Å². The molecule has 0 aliphatic carbocycles. The molecular formula is C9H16N2O3. The molecule has 1 saturated heterocycles. The van der Waals surface area contributed by atoms with Gasteiger partial charge in [0.05, 0.1) is 0 Å². The summed E-state index contributed by atoms with van der Waals surface area (Å²) in [6, 6.07) is -0.241. The number of hydrogen-bond donors (Lipinski definition) is 2. The Balaban J connectivity index is 2.47. The van der Waals surface area contributed by atoms with Crippen LogP contribution >= 0.6 is 0 Å². The van der Waals surface area contributed by atoms with Crippen molar-refractivity contribution in [2.75, 3.05) is 6.54 Å². The van der Waals surface area contributed by atoms with Crippen molar-refractivity contribution in [2.45, 2.75) is 38.3 Å². The summed E-state index contributed by atoms with van der Waals surface area (Å²) in [5.41, 5.74) is 4.98. The molecule has 1 rings (SSSR count). The summed E-state index contributed by atoms with van der Waals surface area (Å²) in [5.74, 6) is -1.30. The van der Waals surface area contributed by atoms with Gasteiger partial charge in [0.2, 0.25) is 5.91 Å². The highest BCUT2D eigenvalue weighted by atomic mass is 16.4. The fourth-order valence-electron chi connectivity index (χ4n) is 1.71. The fourth-order valence-corrected chi connectivity index (χ4v) is 1.71. The molecule has 0 bridgehead atoms. The van der Waals surface area contributed by atoms with Crippen LogP contribution in [0.4, 0.5) is 0 Å². The first-order valence-corrected chi connectivity index (χ1v) is 4.79. The van der Waals surface area contributed by atoms with Gasteiger partial charge < -0.3 is 10.8 Å². The van der Waals surface area contributed by atoms with Gasteiger partial charge in [0, 0.05) is 19.0 Å². The number of nitrogens with zero attached hydrogens (tertiary/aromatic N) is 1. The van der Waals surface area contributed by atoms with Crippen LogP contribution in [0.15, 0.2) is 0 Å². The predicted molar refractivity (Wildman–Crippen MR) is 50.6 cm³/mol. The van der Waals surface area contributed by atoms with E-state index in [2.05, 4.69) is 0 Å². The van der Waals surface area contributed by atoms with Crippen LogP contribution in [0.25, 0.3) is 0 Å². The smallest absolute Gasteiger partial charge is 0.320 e. The van der Waals surface area contributed by atoms with Crippen LogP contribution < -0.4 is 5.73 Å². The first kappa shape index (κ1) is 11.0. The van der Waals surface area contributed by atoms with Crippen molar-refractivity contribution in [2.24, 2.45) is 5.73 Å². The number of rotatable bonds is 5. The van der Waals surface area contributed by atoms with Crippen molar-refractivity contribution >= 4 is 11.9 Å². The van der Waals surface area contributed by atoms with Crippen molar-refractivity contribution in [3.05, 3.63) is 0 Å². The summed E-state index contributed by atoms with van der Waals surface area (Å²) in [6.07, 6.45) is 1.48. The summed E-state index contributed by atoms with van der Waals surface area (Å²) >= 11 is 0. The molecule has 5 nitrogen and oxygen atoms in total. The van der Waals surface area contributed by atoms with Crippen molar-refractivity contribution in [3.8, 4) is 0 Å². The molecule has 0 aromatic carbocycles. The lowest BCUT2D eigenvalue weighted by Gasteiger charge is -2.42. The Kier molecular flexibility index (Phi) is 3.46. The molecule has 0 aromatic heterocycles. The number of amides is 1. The number of carbonyl (C=O) groups excluding carboxylic acids is 1. The number of primary amides is 1. The van der Waals surface area contributed by atoms with Crippen molar-refractivity contribution in [1.29, 1.82) is 0 Å². The number of hydrogen-bond acceptors (Lipinski definition) is 3. The van der Waals surface area contributed by atoms with E-state index in [9.17, 15) is 9.59 Å². The Morgan fingerprint density at radius 2 is 2.29 bits per heavy atom. The van der Waals surface area contributed by atoms with Gasteiger partial charge in [-0.15, -0.1) is 0 Å². The van der Waals surface area contributed by atoms with Crippen molar-refractivity contribution in [3.63, 3.8) is 0 Å². The fraction of sp³-hybridized carbons (Fsp3) is 0.778. The Morgan fingerprint density at radius 1 is 1.64 bits per heavy atom. The minimum Gasteiger partial charge on any atom is -0.480 e. The minimum atomic E-state index is -0.863. The van der Waals surface area contributed by atoms with Gasteiger partial charge in [0.15, 0.2) is 0 Å². The van der Waals surface area contributed by atoms with E-state index in [4.69, 9.17) is 10.8 Å². The summed E-state index contributed by atoms with van der Waals surface area (Å²) < 4.78 is 0. The van der Waals surface area contributed by atoms with Gasteiger partial charge in [-0.1, -0.05) is 0 Å². The standard InChI is InChI=1S/C9H16N2O3/c1-6-4-5-11(6)7(9(13)14)2-3-8(10)12/h6-7H,2-5H2,1H3,(H2,10,12)(H,13,14). The predicted octanol–water partition coefficient (Wildman–Crippen LogP) is -0.201. The summed E-state index contributed by atoms with van der Waals surface area (Å²) in [7, 11) is 0. The maximum absolute atomic E-state index is 10.9. The molecule has 5 heteroatoms. The van der Waals surface area contributed by atoms with Crippen LogP contribution in [0.2, 0.25) is 0 Å². The van der Waals surface area contributed by atoms with Gasteiger partial charge in [-0.05, 0) is 19.8 Å². The molecule has 14 heavy (non-hydrogen) atoms. The third-order valence-corrected chi connectivity index (χ3v) is 2.72. The molecule has 1 heterocycles. The second-order valence-corrected chi connectivity index (χ2v) is 3.73. The number of likely N-dealkylation sites (tertiary alicyclic amines) is 1. The van der Waals surface area contributed by atoms with E-state index in [-0.39, 0.29) is 6.42 Å². The average molecular weight is 200 g/mol. The van der Waals surface area contributed by atoms with Crippen LogP contribution in [-0.2, 0) is 9.59 Å². The number of nitrogens with two attached hydrogens (primary N) is 1. The monoisotopic (exact) mass is 200 g/mol. The van der Waals surface area contributed by atoms with E-state index in [0.29, 0.717) is 12.5 Å². The molecule has 1 fully saturated rings. The minimum absolute atomic E-state index is 0.139. The zero-order valence-electron chi connectivity index (χ0n) is 8.27. The molecule has 0 radical (unpaired) electrons. The van der Waals surface area contributed by atoms with Crippen LogP contribution in [0.5, 0.6) is 0 Å². The molecule has 2 unspecified atom stereocenters. The zero-order chi connectivity index (χ0) is 10.7. The van der Waals surface area contributed by atoms with Gasteiger partial charge >= 0.3 is 5.97 Å². The summed E-state index contributed by atoms with van der Waals surface area (Å²) in [4.78, 5) is 23.3. The van der Waals surface area contributed by atoms with Crippen molar-refractivity contribution in [1.82, 2.24) is 4.90 Å². The average Bonchev–Trinajstić information content (AvgIpc) is 2.08. The number of aliphatic carboxylic acids is 1. The maximum atomic E-state index is 10.9. The number of carboxylic acid groups (broad SMARTS) is 1. The highest BCUT2D eigenvalue weighted by Crippen LogP contribution is 2.22.